The van der Waals surface area contributed by atoms with Crippen molar-refractivity contribution < 1.29 is 9.53 Å². The molecule has 0 N–H and O–H groups in total. The Bertz CT molecular complexity index is 1210. The van der Waals surface area contributed by atoms with E-state index in [1.165, 1.54) is 16.7 Å². The number of ether oxygens (including phenoxy) is 1. The molecule has 1 amide bonds. The summed E-state index contributed by atoms with van der Waals surface area (Å²) in [6.07, 6.45) is 1.80. The number of nitrogens with zero attached hydrogens (tertiary/aromatic N) is 1. The quantitative estimate of drug-likeness (QED) is 0.263. The van der Waals surface area contributed by atoms with Crippen LogP contribution in [0.3, 0.4) is 0 Å². The minimum atomic E-state index is -0.184. The third-order valence-corrected chi connectivity index (χ3v) is 6.55. The number of carbonyl (C=O) groups is 1. The molecule has 0 unspecified atom stereocenters. The standard InChI is InChI=1S/C23H14Cl3NO2S2/c24-16-4-2-5-18(11-16)27-22(28)21(31-23(27)30)10-14-3-1-6-19(9-14)29-13-15-7-8-17(25)12-20(15)26/h1-12H,13H2/b21-10-. The van der Waals surface area contributed by atoms with Gasteiger partial charge in [-0.15, -0.1) is 0 Å². The lowest BCUT2D eigenvalue weighted by Crippen LogP contribution is -2.27. The Morgan fingerprint density at radius 3 is 2.52 bits per heavy atom. The Labute approximate surface area is 204 Å². The summed E-state index contributed by atoms with van der Waals surface area (Å²) in [5.41, 5.74) is 2.31. The number of halogens is 3. The van der Waals surface area contributed by atoms with Crippen molar-refractivity contribution in [3.05, 3.63) is 97.8 Å². The molecule has 4 rings (SSSR count). The number of rotatable bonds is 5. The highest BCUT2D eigenvalue weighted by molar-refractivity contribution is 8.27. The van der Waals surface area contributed by atoms with Crippen molar-refractivity contribution in [2.45, 2.75) is 6.61 Å². The predicted molar refractivity (Wildman–Crippen MR) is 134 cm³/mol. The molecule has 1 saturated heterocycles. The average Bonchev–Trinajstić information content (AvgIpc) is 3.00. The summed E-state index contributed by atoms with van der Waals surface area (Å²) in [5, 5.41) is 1.67. The topological polar surface area (TPSA) is 29.5 Å². The van der Waals surface area contributed by atoms with Crippen LogP contribution in [0, 0.1) is 0 Å². The van der Waals surface area contributed by atoms with Gasteiger partial charge in [0.25, 0.3) is 5.91 Å². The van der Waals surface area contributed by atoms with Crippen molar-refractivity contribution in [3.63, 3.8) is 0 Å². The van der Waals surface area contributed by atoms with Gasteiger partial charge in [0.2, 0.25) is 0 Å². The van der Waals surface area contributed by atoms with Crippen LogP contribution in [0.15, 0.2) is 71.6 Å². The predicted octanol–water partition coefficient (Wildman–Crippen LogP) is 7.63. The molecule has 3 nitrogen and oxygen atoms in total. The van der Waals surface area contributed by atoms with Gasteiger partial charge >= 0.3 is 0 Å². The number of anilines is 1. The summed E-state index contributed by atoms with van der Waals surface area (Å²) < 4.78 is 6.33. The Morgan fingerprint density at radius 1 is 0.968 bits per heavy atom. The third-order valence-electron chi connectivity index (χ3n) is 4.43. The number of carbonyl (C=O) groups excluding carboxylic acids is 1. The number of benzene rings is 3. The second kappa shape index (κ2) is 9.63. The maximum Gasteiger partial charge on any atom is 0.270 e. The first-order chi connectivity index (χ1) is 14.9. The van der Waals surface area contributed by atoms with E-state index in [1.54, 1.807) is 42.5 Å². The molecule has 3 aromatic rings. The largest absolute Gasteiger partial charge is 0.489 e. The lowest BCUT2D eigenvalue weighted by atomic mass is 10.2. The van der Waals surface area contributed by atoms with Gasteiger partial charge in [0, 0.05) is 20.6 Å². The number of thiocarbonyl (C=S) groups is 1. The molecule has 0 spiro atoms. The Kier molecular flexibility index (Phi) is 6.89. The number of hydrogen-bond acceptors (Lipinski definition) is 4. The maximum atomic E-state index is 12.9. The molecule has 0 atom stereocenters. The molecule has 156 valence electrons. The van der Waals surface area contributed by atoms with E-state index in [4.69, 9.17) is 51.8 Å². The summed E-state index contributed by atoms with van der Waals surface area (Å²) in [7, 11) is 0. The molecule has 0 aromatic heterocycles. The monoisotopic (exact) mass is 505 g/mol. The molecule has 31 heavy (non-hydrogen) atoms. The van der Waals surface area contributed by atoms with Crippen LogP contribution in [0.25, 0.3) is 6.08 Å². The van der Waals surface area contributed by atoms with Gasteiger partial charge in [-0.05, 0) is 54.1 Å². The molecular weight excluding hydrogens is 493 g/mol. The van der Waals surface area contributed by atoms with Crippen LogP contribution in [-0.2, 0) is 11.4 Å². The van der Waals surface area contributed by atoms with Crippen molar-refractivity contribution >= 4 is 80.8 Å². The average molecular weight is 507 g/mol. The minimum absolute atomic E-state index is 0.184. The lowest BCUT2D eigenvalue weighted by Gasteiger charge is -2.14. The van der Waals surface area contributed by atoms with E-state index in [2.05, 4.69) is 0 Å². The molecule has 1 fully saturated rings. The molecule has 1 aliphatic rings. The molecule has 0 radical (unpaired) electrons. The van der Waals surface area contributed by atoms with Crippen LogP contribution >= 0.6 is 58.8 Å². The molecule has 8 heteroatoms. The van der Waals surface area contributed by atoms with Crippen molar-refractivity contribution in [2.24, 2.45) is 0 Å². The van der Waals surface area contributed by atoms with Gasteiger partial charge in [-0.25, -0.2) is 0 Å². The van der Waals surface area contributed by atoms with Gasteiger partial charge in [-0.2, -0.15) is 0 Å². The Hall–Kier alpha value is -2.02. The van der Waals surface area contributed by atoms with Crippen LogP contribution < -0.4 is 9.64 Å². The number of amides is 1. The third kappa shape index (κ3) is 5.25. The molecule has 1 aliphatic heterocycles. The first-order valence-electron chi connectivity index (χ1n) is 9.11. The first-order valence-corrected chi connectivity index (χ1v) is 11.5. The lowest BCUT2D eigenvalue weighted by molar-refractivity contribution is -0.113. The first kappa shape index (κ1) is 22.2. The SMILES string of the molecule is O=C1/C(=C/c2cccc(OCc3ccc(Cl)cc3Cl)c2)SC(=S)N1c1cccc(Cl)c1. The van der Waals surface area contributed by atoms with Crippen LogP contribution in [-0.4, -0.2) is 10.2 Å². The van der Waals surface area contributed by atoms with Gasteiger partial charge in [0.05, 0.1) is 10.6 Å². The highest BCUT2D eigenvalue weighted by Gasteiger charge is 2.33. The van der Waals surface area contributed by atoms with E-state index in [0.29, 0.717) is 42.3 Å². The van der Waals surface area contributed by atoms with Crippen LogP contribution in [0.2, 0.25) is 15.1 Å². The van der Waals surface area contributed by atoms with Gasteiger partial charge in [-0.1, -0.05) is 83.0 Å². The molecule has 1 heterocycles. The zero-order valence-corrected chi connectivity index (χ0v) is 19.8. The smallest absolute Gasteiger partial charge is 0.270 e. The normalized spacial score (nSPS) is 15.1. The maximum absolute atomic E-state index is 12.9. The van der Waals surface area contributed by atoms with Crippen LogP contribution in [0.1, 0.15) is 11.1 Å². The van der Waals surface area contributed by atoms with Crippen molar-refractivity contribution in [1.29, 1.82) is 0 Å². The van der Waals surface area contributed by atoms with Gasteiger partial charge in [0.15, 0.2) is 4.32 Å². The van der Waals surface area contributed by atoms with E-state index < -0.39 is 0 Å². The van der Waals surface area contributed by atoms with Gasteiger partial charge in [-0.3, -0.25) is 9.69 Å². The molecule has 0 aliphatic carbocycles. The highest BCUT2D eigenvalue weighted by Crippen LogP contribution is 2.37. The summed E-state index contributed by atoms with van der Waals surface area (Å²) in [5.74, 6) is 0.474. The second-order valence-corrected chi connectivity index (χ2v) is 9.55. The molecule has 0 bridgehead atoms. The second-order valence-electron chi connectivity index (χ2n) is 6.59. The summed E-state index contributed by atoms with van der Waals surface area (Å²) in [6.45, 7) is 0.302. The molecular formula is C23H14Cl3NO2S2. The molecule has 0 saturated carbocycles. The van der Waals surface area contributed by atoms with E-state index in [9.17, 15) is 4.79 Å². The Balaban J connectivity index is 1.51. The Morgan fingerprint density at radius 2 is 1.74 bits per heavy atom. The molecule has 3 aromatic carbocycles. The van der Waals surface area contributed by atoms with Crippen molar-refractivity contribution in [3.8, 4) is 5.75 Å². The fourth-order valence-corrected chi connectivity index (χ4v) is 4.90. The summed E-state index contributed by atoms with van der Waals surface area (Å²) in [6, 6.07) is 19.8. The zero-order chi connectivity index (χ0) is 22.0. The van der Waals surface area contributed by atoms with Crippen molar-refractivity contribution in [1.82, 2.24) is 0 Å². The minimum Gasteiger partial charge on any atom is -0.489 e. The fraction of sp³-hybridized carbons (Fsp3) is 0.0435. The van der Waals surface area contributed by atoms with Crippen LogP contribution in [0.4, 0.5) is 5.69 Å². The van der Waals surface area contributed by atoms with E-state index in [1.807, 2.05) is 30.3 Å². The van der Waals surface area contributed by atoms with E-state index in [-0.39, 0.29) is 5.91 Å². The van der Waals surface area contributed by atoms with Gasteiger partial charge in [0.1, 0.15) is 12.4 Å². The number of hydrogen-bond donors (Lipinski definition) is 0. The number of thioether (sulfide) groups is 1. The highest BCUT2D eigenvalue weighted by atomic mass is 35.5. The summed E-state index contributed by atoms with van der Waals surface area (Å²) >= 11 is 24.9. The zero-order valence-electron chi connectivity index (χ0n) is 15.8. The van der Waals surface area contributed by atoms with E-state index >= 15 is 0 Å². The van der Waals surface area contributed by atoms with Crippen LogP contribution in [0.5, 0.6) is 5.75 Å². The van der Waals surface area contributed by atoms with Gasteiger partial charge < -0.3 is 4.74 Å². The summed E-state index contributed by atoms with van der Waals surface area (Å²) in [4.78, 5) is 15.0. The van der Waals surface area contributed by atoms with Crippen molar-refractivity contribution in [2.75, 3.05) is 4.90 Å². The fourth-order valence-electron chi connectivity index (χ4n) is 2.95. The van der Waals surface area contributed by atoms with E-state index in [0.717, 1.165) is 11.1 Å².